The first kappa shape index (κ1) is 16.9. The largest absolute Gasteiger partial charge is 0.378 e. The summed E-state index contributed by atoms with van der Waals surface area (Å²) in [7, 11) is 0. The van der Waals surface area contributed by atoms with Crippen molar-refractivity contribution in [3.05, 3.63) is 0 Å². The molecule has 2 unspecified atom stereocenters. The van der Waals surface area contributed by atoms with Crippen molar-refractivity contribution in [2.45, 2.75) is 65.9 Å². The van der Waals surface area contributed by atoms with E-state index in [0.717, 1.165) is 45.4 Å². The van der Waals surface area contributed by atoms with Crippen LogP contribution in [-0.2, 0) is 14.3 Å². The lowest BCUT2D eigenvalue weighted by Gasteiger charge is -2.41. The Kier molecular flexibility index (Phi) is 4.33. The minimum atomic E-state index is -0.733. The Morgan fingerprint density at radius 2 is 1.91 bits per heavy atom. The predicted molar refractivity (Wildman–Crippen MR) is 89.0 cm³/mol. The Morgan fingerprint density at radius 3 is 2.39 bits per heavy atom. The highest BCUT2D eigenvalue weighted by Crippen LogP contribution is 2.64. The Bertz CT molecular complexity index is 491. The highest BCUT2D eigenvalue weighted by Gasteiger charge is 2.68. The van der Waals surface area contributed by atoms with Crippen molar-refractivity contribution in [3.8, 4) is 0 Å². The number of nitrogens with zero attached hydrogens (tertiary/aromatic N) is 1. The molecule has 0 radical (unpaired) electrons. The lowest BCUT2D eigenvalue weighted by atomic mass is 9.67. The number of carbonyl (C=O) groups excluding carboxylic acids is 2. The van der Waals surface area contributed by atoms with Crippen LogP contribution in [0.15, 0.2) is 0 Å². The Hall–Kier alpha value is -0.900. The molecule has 1 amide bonds. The molecule has 0 aromatic rings. The second kappa shape index (κ2) is 5.87. The average Bonchev–Trinajstić information content (AvgIpc) is 2.88. The zero-order valence-electron chi connectivity index (χ0n) is 15.1. The van der Waals surface area contributed by atoms with Gasteiger partial charge in [-0.15, -0.1) is 0 Å². The van der Waals surface area contributed by atoms with Gasteiger partial charge in [-0.2, -0.15) is 0 Å². The topological polar surface area (TPSA) is 46.6 Å². The zero-order valence-corrected chi connectivity index (χ0v) is 15.1. The molecule has 2 bridgehead atoms. The Balaban J connectivity index is 1.65. The van der Waals surface area contributed by atoms with Gasteiger partial charge in [-0.05, 0) is 42.9 Å². The van der Waals surface area contributed by atoms with Crippen molar-refractivity contribution in [2.75, 3.05) is 19.7 Å². The van der Waals surface area contributed by atoms with Crippen LogP contribution in [0.2, 0.25) is 0 Å². The predicted octanol–water partition coefficient (Wildman–Crippen LogP) is 3.05. The molecule has 0 spiro atoms. The van der Waals surface area contributed by atoms with Gasteiger partial charge in [0, 0.05) is 26.1 Å². The van der Waals surface area contributed by atoms with E-state index in [0.29, 0.717) is 18.3 Å². The van der Waals surface area contributed by atoms with E-state index in [2.05, 4.69) is 27.7 Å². The van der Waals surface area contributed by atoms with Gasteiger partial charge >= 0.3 is 0 Å². The smallest absolute Gasteiger partial charge is 0.236 e. The summed E-state index contributed by atoms with van der Waals surface area (Å²) in [6.45, 7) is 10.8. The Morgan fingerprint density at radius 1 is 1.26 bits per heavy atom. The molecule has 0 N–H and O–H groups in total. The number of likely N-dealkylation sites (tertiary alicyclic amines) is 1. The summed E-state index contributed by atoms with van der Waals surface area (Å²) in [5, 5.41) is 0. The molecule has 130 valence electrons. The molecule has 1 saturated heterocycles. The van der Waals surface area contributed by atoms with Gasteiger partial charge in [0.25, 0.3) is 0 Å². The first-order chi connectivity index (χ1) is 10.8. The average molecular weight is 321 g/mol. The van der Waals surface area contributed by atoms with Crippen molar-refractivity contribution in [2.24, 2.45) is 22.7 Å². The van der Waals surface area contributed by atoms with Crippen LogP contribution in [-0.4, -0.2) is 42.4 Å². The normalized spacial score (nSPS) is 33.7. The van der Waals surface area contributed by atoms with Gasteiger partial charge in [-0.3, -0.25) is 9.59 Å². The maximum atomic E-state index is 13.2. The summed E-state index contributed by atoms with van der Waals surface area (Å²) in [6, 6.07) is 0. The van der Waals surface area contributed by atoms with Crippen molar-refractivity contribution < 1.29 is 14.3 Å². The molecule has 1 aliphatic heterocycles. The fourth-order valence-corrected chi connectivity index (χ4v) is 5.00. The van der Waals surface area contributed by atoms with Gasteiger partial charge in [0.1, 0.15) is 11.2 Å². The van der Waals surface area contributed by atoms with Crippen molar-refractivity contribution >= 4 is 11.7 Å². The number of ether oxygens (including phenoxy) is 1. The molecule has 0 aromatic heterocycles. The fraction of sp³-hybridized carbons (Fsp3) is 0.895. The van der Waals surface area contributed by atoms with Crippen LogP contribution >= 0.6 is 0 Å². The van der Waals surface area contributed by atoms with Crippen LogP contribution in [0, 0.1) is 22.7 Å². The van der Waals surface area contributed by atoms with E-state index in [-0.39, 0.29) is 23.2 Å². The van der Waals surface area contributed by atoms with Gasteiger partial charge in [-0.1, -0.05) is 27.7 Å². The fourth-order valence-electron chi connectivity index (χ4n) is 5.00. The summed E-state index contributed by atoms with van der Waals surface area (Å²) in [5.41, 5.74) is -0.907. The minimum absolute atomic E-state index is 0.106. The Labute approximate surface area is 139 Å². The molecule has 2 aliphatic carbocycles. The second-order valence-electron chi connectivity index (χ2n) is 8.71. The summed E-state index contributed by atoms with van der Waals surface area (Å²) >= 11 is 0. The van der Waals surface area contributed by atoms with Crippen LogP contribution < -0.4 is 0 Å². The molecule has 4 heteroatoms. The third-order valence-electron chi connectivity index (χ3n) is 6.66. The quantitative estimate of drug-likeness (QED) is 0.748. The number of Topliss-reactive ketones (excluding diaryl/α,β-unsaturated/α-hetero) is 1. The minimum Gasteiger partial charge on any atom is -0.378 e. The molecule has 23 heavy (non-hydrogen) atoms. The van der Waals surface area contributed by atoms with Crippen LogP contribution in [0.25, 0.3) is 0 Å². The molecule has 0 aromatic carbocycles. The van der Waals surface area contributed by atoms with Gasteiger partial charge in [-0.25, -0.2) is 0 Å². The van der Waals surface area contributed by atoms with E-state index in [1.165, 1.54) is 0 Å². The molecule has 4 nitrogen and oxygen atoms in total. The SMILES string of the molecule is CC(C)COC1CCN(C(=O)C23CCC(CC2=O)C3(C)C)CC1. The van der Waals surface area contributed by atoms with E-state index in [1.54, 1.807) is 0 Å². The summed E-state index contributed by atoms with van der Waals surface area (Å²) in [4.78, 5) is 27.8. The summed E-state index contributed by atoms with van der Waals surface area (Å²) in [5.74, 6) is 1.24. The van der Waals surface area contributed by atoms with Gasteiger partial charge in [0.05, 0.1) is 6.10 Å². The van der Waals surface area contributed by atoms with E-state index in [4.69, 9.17) is 4.74 Å². The third-order valence-corrected chi connectivity index (χ3v) is 6.66. The van der Waals surface area contributed by atoms with E-state index in [1.807, 2.05) is 4.90 Å². The molecule has 3 aliphatic rings. The van der Waals surface area contributed by atoms with Gasteiger partial charge in [0.15, 0.2) is 0 Å². The molecule has 1 heterocycles. The summed E-state index contributed by atoms with van der Waals surface area (Å²) < 4.78 is 5.91. The third kappa shape index (κ3) is 2.54. The number of rotatable bonds is 4. The lowest BCUT2D eigenvalue weighted by molar-refractivity contribution is -0.155. The highest BCUT2D eigenvalue weighted by atomic mass is 16.5. The molecule has 3 rings (SSSR count). The van der Waals surface area contributed by atoms with Crippen LogP contribution in [0.3, 0.4) is 0 Å². The first-order valence-corrected chi connectivity index (χ1v) is 9.23. The van der Waals surface area contributed by atoms with Gasteiger partial charge < -0.3 is 9.64 Å². The first-order valence-electron chi connectivity index (χ1n) is 9.23. The number of hydrogen-bond acceptors (Lipinski definition) is 3. The van der Waals surface area contributed by atoms with Gasteiger partial charge in [0.2, 0.25) is 5.91 Å². The van der Waals surface area contributed by atoms with Crippen LogP contribution in [0.5, 0.6) is 0 Å². The second-order valence-corrected chi connectivity index (χ2v) is 8.71. The standard InChI is InChI=1S/C19H31NO3/c1-13(2)12-23-15-6-9-20(10-7-15)17(22)19-8-5-14(11-16(19)21)18(19,3)4/h13-15H,5-12H2,1-4H3. The number of fused-ring (bicyclic) bond motifs is 2. The van der Waals surface area contributed by atoms with Crippen LogP contribution in [0.1, 0.15) is 59.8 Å². The molecule has 2 saturated carbocycles. The number of ketones is 1. The molecular weight excluding hydrogens is 290 g/mol. The maximum Gasteiger partial charge on any atom is 0.236 e. The molecule has 3 fully saturated rings. The van der Waals surface area contributed by atoms with Crippen LogP contribution in [0.4, 0.5) is 0 Å². The van der Waals surface area contributed by atoms with E-state index < -0.39 is 5.41 Å². The maximum absolute atomic E-state index is 13.2. The van der Waals surface area contributed by atoms with E-state index in [9.17, 15) is 9.59 Å². The zero-order chi connectivity index (χ0) is 16.8. The van der Waals surface area contributed by atoms with E-state index >= 15 is 0 Å². The van der Waals surface area contributed by atoms with Crippen molar-refractivity contribution in [1.29, 1.82) is 0 Å². The number of carbonyl (C=O) groups is 2. The highest BCUT2D eigenvalue weighted by molar-refractivity contribution is 6.09. The molecular formula is C19H31NO3. The van der Waals surface area contributed by atoms with Crippen molar-refractivity contribution in [3.63, 3.8) is 0 Å². The number of amides is 1. The monoisotopic (exact) mass is 321 g/mol. The van der Waals surface area contributed by atoms with Crippen molar-refractivity contribution in [1.82, 2.24) is 4.90 Å². The number of piperidine rings is 1. The summed E-state index contributed by atoms with van der Waals surface area (Å²) in [6.07, 6.45) is 4.44. The number of hydrogen-bond donors (Lipinski definition) is 0. The molecule has 2 atom stereocenters. The lowest BCUT2D eigenvalue weighted by Crippen LogP contribution is -2.54.